The Morgan fingerprint density at radius 1 is 1.20 bits per heavy atom. The molecule has 1 saturated heterocycles. The van der Waals surface area contributed by atoms with E-state index in [0.29, 0.717) is 5.47 Å². The van der Waals surface area contributed by atoms with E-state index in [1.165, 1.54) is 0 Å². The van der Waals surface area contributed by atoms with Gasteiger partial charge in [-0.05, 0) is 46.2 Å². The van der Waals surface area contributed by atoms with Gasteiger partial charge in [0.1, 0.15) is 0 Å². The molecule has 0 atom stereocenters. The number of hydrogen-bond donors (Lipinski definition) is 1. The average molecular weight is 210 g/mol. The lowest BCUT2D eigenvalue weighted by atomic mass is 9.79. The van der Waals surface area contributed by atoms with Gasteiger partial charge in [-0.1, -0.05) is 6.58 Å². The molecule has 15 heavy (non-hydrogen) atoms. The second kappa shape index (κ2) is 3.69. The maximum Gasteiger partial charge on any atom is 0.494 e. The Balaban J connectivity index is 2.80. The van der Waals surface area contributed by atoms with Crippen LogP contribution in [0.15, 0.2) is 23.9 Å². The van der Waals surface area contributed by atoms with Gasteiger partial charge < -0.3 is 14.4 Å². The minimum Gasteiger partial charge on any atom is -0.513 e. The monoisotopic (exact) mass is 210 g/mol. The zero-order chi connectivity index (χ0) is 11.9. The number of aliphatic hydroxyl groups is 1. The largest absolute Gasteiger partial charge is 0.513 e. The molecule has 0 bridgehead atoms. The summed E-state index contributed by atoms with van der Waals surface area (Å²) >= 11 is 0. The summed E-state index contributed by atoms with van der Waals surface area (Å²) in [4.78, 5) is 0. The van der Waals surface area contributed by atoms with Gasteiger partial charge in [0.05, 0.1) is 17.0 Å². The predicted octanol–water partition coefficient (Wildman–Crippen LogP) is 2.64. The van der Waals surface area contributed by atoms with E-state index in [1.807, 2.05) is 27.7 Å². The minimum absolute atomic E-state index is 0.203. The Morgan fingerprint density at radius 3 is 1.93 bits per heavy atom. The molecule has 1 aliphatic rings. The van der Waals surface area contributed by atoms with Crippen LogP contribution in [-0.2, 0) is 9.31 Å². The molecule has 0 aromatic carbocycles. The molecule has 1 rings (SSSR count). The first-order chi connectivity index (χ1) is 6.66. The van der Waals surface area contributed by atoms with Crippen LogP contribution in [0.1, 0.15) is 34.6 Å². The minimum atomic E-state index is -0.475. The molecule has 1 heterocycles. The van der Waals surface area contributed by atoms with Crippen LogP contribution in [0.25, 0.3) is 0 Å². The molecule has 0 aromatic heterocycles. The van der Waals surface area contributed by atoms with Crippen molar-refractivity contribution in [3.05, 3.63) is 23.9 Å². The zero-order valence-electron chi connectivity index (χ0n) is 10.1. The quantitative estimate of drug-likeness (QED) is 0.432. The van der Waals surface area contributed by atoms with E-state index in [4.69, 9.17) is 14.4 Å². The van der Waals surface area contributed by atoms with Gasteiger partial charge in [0.2, 0.25) is 0 Å². The lowest BCUT2D eigenvalue weighted by Crippen LogP contribution is -2.41. The van der Waals surface area contributed by atoms with Crippen molar-refractivity contribution in [1.29, 1.82) is 0 Å². The van der Waals surface area contributed by atoms with E-state index in [-0.39, 0.29) is 17.0 Å². The molecule has 0 aromatic rings. The maximum atomic E-state index is 9.13. The predicted molar refractivity (Wildman–Crippen MR) is 61.6 cm³/mol. The van der Waals surface area contributed by atoms with Crippen LogP contribution in [0.2, 0.25) is 0 Å². The fraction of sp³-hybridized carbons (Fsp3) is 0.636. The van der Waals surface area contributed by atoms with Crippen molar-refractivity contribution in [3.63, 3.8) is 0 Å². The SMILES string of the molecule is C=C(/C=C(\C)O)B1OC(C)(C)C(C)(C)O1. The first kappa shape index (κ1) is 12.3. The molecule has 0 spiro atoms. The van der Waals surface area contributed by atoms with E-state index >= 15 is 0 Å². The molecule has 3 nitrogen and oxygen atoms in total. The van der Waals surface area contributed by atoms with Crippen LogP contribution < -0.4 is 0 Å². The topological polar surface area (TPSA) is 38.7 Å². The molecule has 1 aliphatic heterocycles. The van der Waals surface area contributed by atoms with Crippen molar-refractivity contribution in [2.75, 3.05) is 0 Å². The third-order valence-electron chi connectivity index (χ3n) is 2.95. The molecule has 1 fully saturated rings. The van der Waals surface area contributed by atoms with Crippen molar-refractivity contribution in [1.82, 2.24) is 0 Å². The summed E-state index contributed by atoms with van der Waals surface area (Å²) in [6, 6.07) is 0. The van der Waals surface area contributed by atoms with Gasteiger partial charge in [0.15, 0.2) is 0 Å². The van der Waals surface area contributed by atoms with E-state index in [0.717, 1.165) is 0 Å². The smallest absolute Gasteiger partial charge is 0.494 e. The summed E-state index contributed by atoms with van der Waals surface area (Å²) in [5.41, 5.74) is -0.0936. The van der Waals surface area contributed by atoms with Crippen LogP contribution in [0.4, 0.5) is 0 Å². The summed E-state index contributed by atoms with van der Waals surface area (Å²) in [7, 11) is -0.475. The van der Waals surface area contributed by atoms with E-state index in [1.54, 1.807) is 13.0 Å². The normalized spacial score (nSPS) is 24.3. The van der Waals surface area contributed by atoms with Crippen molar-refractivity contribution in [2.45, 2.75) is 45.8 Å². The Morgan fingerprint density at radius 2 is 1.60 bits per heavy atom. The van der Waals surface area contributed by atoms with Crippen LogP contribution >= 0.6 is 0 Å². The van der Waals surface area contributed by atoms with Crippen molar-refractivity contribution in [3.8, 4) is 0 Å². The van der Waals surface area contributed by atoms with Gasteiger partial charge in [-0.25, -0.2) is 0 Å². The second-order valence-corrected chi connectivity index (χ2v) is 4.95. The van der Waals surface area contributed by atoms with Gasteiger partial charge >= 0.3 is 7.12 Å². The van der Waals surface area contributed by atoms with Crippen LogP contribution in [0.3, 0.4) is 0 Å². The van der Waals surface area contributed by atoms with Gasteiger partial charge in [0, 0.05) is 0 Å². The van der Waals surface area contributed by atoms with E-state index in [2.05, 4.69) is 6.58 Å². The second-order valence-electron chi connectivity index (χ2n) is 4.95. The van der Waals surface area contributed by atoms with Gasteiger partial charge in [0.25, 0.3) is 0 Å². The Kier molecular flexibility index (Phi) is 3.03. The lowest BCUT2D eigenvalue weighted by Gasteiger charge is -2.32. The van der Waals surface area contributed by atoms with Crippen molar-refractivity contribution >= 4 is 7.12 Å². The number of hydrogen-bond acceptors (Lipinski definition) is 3. The molecule has 0 amide bonds. The molecule has 0 unspecified atom stereocenters. The first-order valence-corrected chi connectivity index (χ1v) is 5.07. The molecular weight excluding hydrogens is 191 g/mol. The molecule has 4 heteroatoms. The highest BCUT2D eigenvalue weighted by molar-refractivity contribution is 6.55. The molecule has 84 valence electrons. The number of rotatable bonds is 2. The summed E-state index contributed by atoms with van der Waals surface area (Å²) in [5, 5.41) is 9.13. The highest BCUT2D eigenvalue weighted by Crippen LogP contribution is 2.38. The zero-order valence-corrected chi connectivity index (χ0v) is 10.1. The molecule has 0 aliphatic carbocycles. The van der Waals surface area contributed by atoms with Crippen molar-refractivity contribution < 1.29 is 14.4 Å². The fourth-order valence-corrected chi connectivity index (χ4v) is 1.33. The molecule has 0 saturated carbocycles. The molecule has 0 radical (unpaired) electrons. The molecule has 1 N–H and O–H groups in total. The Labute approximate surface area is 91.9 Å². The Hall–Kier alpha value is -0.735. The maximum absolute atomic E-state index is 9.13. The highest BCUT2D eigenvalue weighted by Gasteiger charge is 2.51. The van der Waals surface area contributed by atoms with Gasteiger partial charge in [-0.15, -0.1) is 0 Å². The first-order valence-electron chi connectivity index (χ1n) is 5.07. The van der Waals surface area contributed by atoms with Gasteiger partial charge in [-0.3, -0.25) is 0 Å². The van der Waals surface area contributed by atoms with Crippen LogP contribution in [0.5, 0.6) is 0 Å². The standard InChI is InChI=1S/C11H19BO3/c1-8(7-9(2)13)12-14-10(3,4)11(5,6)15-12/h7,13H,1H2,2-6H3/b9-7+. The number of allylic oxidation sites excluding steroid dienone is 3. The summed E-state index contributed by atoms with van der Waals surface area (Å²) in [6.45, 7) is 13.3. The number of aliphatic hydroxyl groups excluding tert-OH is 1. The van der Waals surface area contributed by atoms with Crippen LogP contribution in [0, 0.1) is 0 Å². The fourth-order valence-electron chi connectivity index (χ4n) is 1.33. The third-order valence-corrected chi connectivity index (χ3v) is 2.95. The van der Waals surface area contributed by atoms with Gasteiger partial charge in [-0.2, -0.15) is 0 Å². The van der Waals surface area contributed by atoms with E-state index in [9.17, 15) is 0 Å². The lowest BCUT2D eigenvalue weighted by molar-refractivity contribution is 0.00578. The van der Waals surface area contributed by atoms with Crippen LogP contribution in [-0.4, -0.2) is 23.4 Å². The molecular formula is C11H19BO3. The third kappa shape index (κ3) is 2.44. The average Bonchev–Trinajstić information content (AvgIpc) is 2.20. The summed E-state index contributed by atoms with van der Waals surface area (Å²) < 4.78 is 11.5. The Bertz CT molecular complexity index is 285. The van der Waals surface area contributed by atoms with Crippen molar-refractivity contribution in [2.24, 2.45) is 0 Å². The summed E-state index contributed by atoms with van der Waals surface area (Å²) in [6.07, 6.45) is 1.56. The highest BCUT2D eigenvalue weighted by atomic mass is 16.7. The van der Waals surface area contributed by atoms with E-state index < -0.39 is 7.12 Å². The summed E-state index contributed by atoms with van der Waals surface area (Å²) in [5.74, 6) is 0.203.